The fraction of sp³-hybridized carbons (Fsp3) is 0.304. The summed E-state index contributed by atoms with van der Waals surface area (Å²) in [5.41, 5.74) is 4.16. The molecular formula is C23H22FNO. The van der Waals surface area contributed by atoms with Crippen molar-refractivity contribution in [3.05, 3.63) is 71.7 Å². The zero-order valence-electron chi connectivity index (χ0n) is 15.5. The van der Waals surface area contributed by atoms with Crippen LogP contribution in [0.2, 0.25) is 0 Å². The molecule has 2 bridgehead atoms. The molecule has 0 amide bonds. The fourth-order valence-corrected chi connectivity index (χ4v) is 4.66. The predicted molar refractivity (Wildman–Crippen MR) is 102 cm³/mol. The van der Waals surface area contributed by atoms with Gasteiger partial charge in [-0.3, -0.25) is 0 Å². The zero-order valence-corrected chi connectivity index (χ0v) is 15.5. The Kier molecular flexibility index (Phi) is 2.96. The van der Waals surface area contributed by atoms with E-state index in [0.29, 0.717) is 5.56 Å². The minimum atomic E-state index is -0.590. The van der Waals surface area contributed by atoms with Gasteiger partial charge >= 0.3 is 0 Å². The quantitative estimate of drug-likeness (QED) is 0.502. The summed E-state index contributed by atoms with van der Waals surface area (Å²) in [7, 11) is 2.04. The number of hydrogen-bond acceptors (Lipinski definition) is 1. The van der Waals surface area contributed by atoms with Gasteiger partial charge in [0.2, 0.25) is 0 Å². The number of nitrogens with zero attached hydrogens (tertiary/aromatic N) is 1. The maximum Gasteiger partial charge on any atom is 0.130 e. The summed E-state index contributed by atoms with van der Waals surface area (Å²) < 4.78 is 23.7. The van der Waals surface area contributed by atoms with E-state index in [1.807, 2.05) is 31.3 Å². The Morgan fingerprint density at radius 3 is 2.58 bits per heavy atom. The molecule has 3 heteroatoms. The number of hydrogen-bond donors (Lipinski definition) is 0. The summed E-state index contributed by atoms with van der Waals surface area (Å²) in [5.74, 6) is -0.170. The van der Waals surface area contributed by atoms with Crippen LogP contribution >= 0.6 is 0 Å². The van der Waals surface area contributed by atoms with E-state index in [1.165, 1.54) is 0 Å². The van der Waals surface area contributed by atoms with E-state index in [9.17, 15) is 0 Å². The Morgan fingerprint density at radius 1 is 1.15 bits per heavy atom. The molecule has 2 aliphatic rings. The molecule has 2 aliphatic heterocycles. The van der Waals surface area contributed by atoms with E-state index in [-0.39, 0.29) is 17.3 Å². The summed E-state index contributed by atoms with van der Waals surface area (Å²) in [6, 6.07) is 11.9. The first-order chi connectivity index (χ1) is 12.3. The third kappa shape index (κ3) is 1.79. The summed E-state index contributed by atoms with van der Waals surface area (Å²) in [6.07, 6.45) is 5.95. The number of rotatable bonds is 1. The van der Waals surface area contributed by atoms with Gasteiger partial charge in [-0.05, 0) is 23.1 Å². The monoisotopic (exact) mass is 347 g/mol. The maximum absolute atomic E-state index is 15.2. The summed E-state index contributed by atoms with van der Waals surface area (Å²) >= 11 is 0. The Labute approximate surface area is 152 Å². The SMILES string of the molecule is Cn1cc(-c2ccccc2)c2cc(F)c3c(c21)C1(C(C)(C)C)C=CC3O1. The lowest BCUT2D eigenvalue weighted by Gasteiger charge is -2.38. The van der Waals surface area contributed by atoms with Crippen molar-refractivity contribution >= 4 is 10.9 Å². The van der Waals surface area contributed by atoms with Crippen molar-refractivity contribution in [2.75, 3.05) is 0 Å². The standard InChI is InChI=1S/C23H22FNO/c1-22(2,3)23-11-10-18(26-23)19-17(24)12-15-16(14-8-6-5-7-9-14)13-25(4)21(15)20(19)23/h5-13,18H,1-4H3. The molecule has 132 valence electrons. The highest BCUT2D eigenvalue weighted by Crippen LogP contribution is 2.60. The van der Waals surface area contributed by atoms with Crippen LogP contribution in [0.1, 0.15) is 38.0 Å². The van der Waals surface area contributed by atoms with Crippen molar-refractivity contribution in [1.82, 2.24) is 4.57 Å². The van der Waals surface area contributed by atoms with E-state index in [2.05, 4.69) is 49.7 Å². The number of aryl methyl sites for hydroxylation is 1. The molecule has 0 saturated heterocycles. The first-order valence-electron chi connectivity index (χ1n) is 9.08. The van der Waals surface area contributed by atoms with Crippen LogP contribution < -0.4 is 0 Å². The molecule has 26 heavy (non-hydrogen) atoms. The van der Waals surface area contributed by atoms with Crippen molar-refractivity contribution in [3.63, 3.8) is 0 Å². The molecule has 1 aromatic heterocycles. The molecule has 0 N–H and O–H groups in total. The molecule has 0 saturated carbocycles. The summed E-state index contributed by atoms with van der Waals surface area (Å²) in [4.78, 5) is 0. The second-order valence-corrected chi connectivity index (χ2v) is 8.45. The maximum atomic E-state index is 15.2. The van der Waals surface area contributed by atoms with Crippen LogP contribution in [0.25, 0.3) is 22.0 Å². The van der Waals surface area contributed by atoms with Crippen molar-refractivity contribution in [2.24, 2.45) is 12.5 Å². The van der Waals surface area contributed by atoms with Crippen LogP contribution in [0, 0.1) is 11.2 Å². The van der Waals surface area contributed by atoms with Gasteiger partial charge in [0.1, 0.15) is 17.5 Å². The van der Waals surface area contributed by atoms with Gasteiger partial charge in [0.05, 0.1) is 5.52 Å². The molecule has 2 aromatic carbocycles. The van der Waals surface area contributed by atoms with Gasteiger partial charge in [0.15, 0.2) is 0 Å². The van der Waals surface area contributed by atoms with Crippen LogP contribution in [0.5, 0.6) is 0 Å². The van der Waals surface area contributed by atoms with Crippen LogP contribution in [-0.2, 0) is 17.4 Å². The van der Waals surface area contributed by atoms with Gasteiger partial charge in [-0.1, -0.05) is 57.2 Å². The van der Waals surface area contributed by atoms with E-state index in [1.54, 1.807) is 6.07 Å². The molecule has 3 heterocycles. The molecule has 2 nitrogen and oxygen atoms in total. The molecule has 0 spiro atoms. The third-order valence-corrected chi connectivity index (χ3v) is 5.93. The van der Waals surface area contributed by atoms with Crippen LogP contribution in [-0.4, -0.2) is 4.57 Å². The highest BCUT2D eigenvalue weighted by molar-refractivity contribution is 5.99. The third-order valence-electron chi connectivity index (χ3n) is 5.93. The van der Waals surface area contributed by atoms with Crippen molar-refractivity contribution in [1.29, 1.82) is 0 Å². The number of aromatic nitrogens is 1. The lowest BCUT2D eigenvalue weighted by atomic mass is 9.70. The Balaban J connectivity index is 1.90. The molecule has 2 unspecified atom stereocenters. The molecular weight excluding hydrogens is 325 g/mol. The van der Waals surface area contributed by atoms with Gasteiger partial charge in [-0.2, -0.15) is 0 Å². The average Bonchev–Trinajstić information content (AvgIpc) is 3.27. The van der Waals surface area contributed by atoms with Crippen LogP contribution in [0.15, 0.2) is 54.7 Å². The van der Waals surface area contributed by atoms with E-state index < -0.39 is 5.60 Å². The minimum absolute atomic E-state index is 0.170. The topological polar surface area (TPSA) is 14.2 Å². The Hall–Kier alpha value is -2.39. The molecule has 5 rings (SSSR count). The zero-order chi connectivity index (χ0) is 18.3. The smallest absolute Gasteiger partial charge is 0.130 e. The Morgan fingerprint density at radius 2 is 1.88 bits per heavy atom. The van der Waals surface area contributed by atoms with Crippen LogP contribution in [0.4, 0.5) is 4.39 Å². The highest BCUT2D eigenvalue weighted by atomic mass is 19.1. The van der Waals surface area contributed by atoms with E-state index in [4.69, 9.17) is 4.74 Å². The highest BCUT2D eigenvalue weighted by Gasteiger charge is 2.56. The van der Waals surface area contributed by atoms with Gasteiger partial charge in [-0.15, -0.1) is 0 Å². The van der Waals surface area contributed by atoms with Gasteiger partial charge in [-0.25, -0.2) is 4.39 Å². The largest absolute Gasteiger partial charge is 0.353 e. The van der Waals surface area contributed by atoms with Crippen molar-refractivity contribution < 1.29 is 9.13 Å². The molecule has 0 fully saturated rings. The lowest BCUT2D eigenvalue weighted by molar-refractivity contribution is -0.0750. The van der Waals surface area contributed by atoms with Gasteiger partial charge in [0.25, 0.3) is 0 Å². The summed E-state index contributed by atoms with van der Waals surface area (Å²) in [6.45, 7) is 6.48. The first kappa shape index (κ1) is 15.8. The molecule has 0 aliphatic carbocycles. The molecule has 3 aromatic rings. The van der Waals surface area contributed by atoms with Crippen molar-refractivity contribution in [3.8, 4) is 11.1 Å². The minimum Gasteiger partial charge on any atom is -0.353 e. The van der Waals surface area contributed by atoms with Crippen molar-refractivity contribution in [2.45, 2.75) is 32.5 Å². The molecule has 2 atom stereocenters. The second kappa shape index (κ2) is 4.86. The number of benzene rings is 2. The lowest BCUT2D eigenvalue weighted by Crippen LogP contribution is -2.37. The number of fused-ring (bicyclic) bond motifs is 7. The number of halogens is 1. The number of ether oxygens (including phenoxy) is 1. The van der Waals surface area contributed by atoms with Crippen LogP contribution in [0.3, 0.4) is 0 Å². The van der Waals surface area contributed by atoms with Gasteiger partial charge < -0.3 is 9.30 Å². The normalized spacial score (nSPS) is 23.8. The Bertz CT molecular complexity index is 1070. The summed E-state index contributed by atoms with van der Waals surface area (Å²) in [5, 5.41) is 0.947. The molecule has 0 radical (unpaired) electrons. The van der Waals surface area contributed by atoms with E-state index in [0.717, 1.165) is 27.6 Å². The fourth-order valence-electron chi connectivity index (χ4n) is 4.66. The second-order valence-electron chi connectivity index (χ2n) is 8.45. The average molecular weight is 347 g/mol. The van der Waals surface area contributed by atoms with Gasteiger partial charge in [0, 0.05) is 35.3 Å². The predicted octanol–water partition coefficient (Wildman–Crippen LogP) is 5.87. The van der Waals surface area contributed by atoms with E-state index >= 15 is 4.39 Å². The first-order valence-corrected chi connectivity index (χ1v) is 9.08.